The number of carboxylic acids is 1. The zero-order chi connectivity index (χ0) is 32.1. The lowest BCUT2D eigenvalue weighted by Gasteiger charge is -2.25. The number of amides is 3. The summed E-state index contributed by atoms with van der Waals surface area (Å²) in [5, 5.41) is 28.4. The lowest BCUT2D eigenvalue weighted by molar-refractivity contribution is -0.142. The van der Waals surface area contributed by atoms with Gasteiger partial charge in [0.05, 0.1) is 6.04 Å². The summed E-state index contributed by atoms with van der Waals surface area (Å²) in [7, 11) is 0. The number of fused-ring (bicyclic) bond motifs is 1. The van der Waals surface area contributed by atoms with Crippen molar-refractivity contribution < 1.29 is 29.4 Å². The van der Waals surface area contributed by atoms with Gasteiger partial charge in [0.2, 0.25) is 17.7 Å². The van der Waals surface area contributed by atoms with Crippen LogP contribution < -0.4 is 27.4 Å². The molecule has 3 aromatic rings. The number of hydrogen-bond acceptors (Lipinski definition) is 8. The Bertz CT molecular complexity index is 1400. The molecular formula is C31H42N6O6S. The van der Waals surface area contributed by atoms with Crippen LogP contribution in [-0.4, -0.2) is 81.6 Å². The number of aromatic amines is 1. The molecule has 238 valence electrons. The molecular weight excluding hydrogens is 584 g/mol. The maximum atomic E-state index is 13.8. The Morgan fingerprint density at radius 2 is 1.50 bits per heavy atom. The monoisotopic (exact) mass is 626 g/mol. The molecule has 13 heteroatoms. The SMILES string of the molecule is CSCCC(N)C(=O)NC(Cc1ccc(O)cc1)C(=O)NC(Cc1c[nH]c2ccccc12)C(=O)NC(CCCCN)C(=O)O. The fourth-order valence-corrected chi connectivity index (χ4v) is 5.25. The van der Waals surface area contributed by atoms with E-state index in [9.17, 15) is 29.4 Å². The summed E-state index contributed by atoms with van der Waals surface area (Å²) in [5.41, 5.74) is 13.9. The summed E-state index contributed by atoms with van der Waals surface area (Å²) in [6.07, 6.45) is 5.46. The maximum absolute atomic E-state index is 13.8. The molecule has 1 aromatic heterocycles. The molecule has 10 N–H and O–H groups in total. The van der Waals surface area contributed by atoms with Crippen molar-refractivity contribution in [3.05, 3.63) is 65.9 Å². The van der Waals surface area contributed by atoms with Crippen LogP contribution in [0.15, 0.2) is 54.7 Å². The van der Waals surface area contributed by atoms with Gasteiger partial charge in [0.15, 0.2) is 0 Å². The average Bonchev–Trinajstić information content (AvgIpc) is 3.42. The summed E-state index contributed by atoms with van der Waals surface area (Å²) in [6, 6.07) is 9.42. The molecule has 0 spiro atoms. The van der Waals surface area contributed by atoms with E-state index in [1.165, 1.54) is 12.1 Å². The van der Waals surface area contributed by atoms with Crippen LogP contribution in [0, 0.1) is 0 Å². The van der Waals surface area contributed by atoms with Gasteiger partial charge < -0.3 is 42.6 Å². The molecule has 1 heterocycles. The minimum Gasteiger partial charge on any atom is -0.508 e. The first-order chi connectivity index (χ1) is 21.1. The van der Waals surface area contributed by atoms with E-state index >= 15 is 0 Å². The lowest BCUT2D eigenvalue weighted by Crippen LogP contribution is -2.58. The van der Waals surface area contributed by atoms with Crippen LogP contribution in [0.1, 0.15) is 36.8 Å². The van der Waals surface area contributed by atoms with Crippen LogP contribution in [0.25, 0.3) is 10.9 Å². The molecule has 0 aliphatic carbocycles. The molecule has 0 bridgehead atoms. The molecule has 2 aromatic carbocycles. The molecule has 0 fully saturated rings. The van der Waals surface area contributed by atoms with Crippen molar-refractivity contribution in [3.63, 3.8) is 0 Å². The van der Waals surface area contributed by atoms with Crippen molar-refractivity contribution >= 4 is 46.4 Å². The number of carbonyl (C=O) groups is 4. The number of nitrogens with one attached hydrogen (secondary N) is 4. The number of unbranched alkanes of at least 4 members (excludes halogenated alkanes) is 1. The number of phenols is 1. The number of hydrogen-bond donors (Lipinski definition) is 8. The third-order valence-electron chi connectivity index (χ3n) is 7.27. The minimum absolute atomic E-state index is 0.0489. The van der Waals surface area contributed by atoms with E-state index in [1.807, 2.05) is 30.5 Å². The molecule has 0 saturated carbocycles. The smallest absolute Gasteiger partial charge is 0.326 e. The highest BCUT2D eigenvalue weighted by molar-refractivity contribution is 7.98. The van der Waals surface area contributed by atoms with E-state index in [-0.39, 0.29) is 25.0 Å². The van der Waals surface area contributed by atoms with Gasteiger partial charge in [-0.1, -0.05) is 30.3 Å². The van der Waals surface area contributed by atoms with E-state index < -0.39 is 47.9 Å². The zero-order valence-electron chi connectivity index (χ0n) is 24.8. The number of H-pyrrole nitrogens is 1. The summed E-state index contributed by atoms with van der Waals surface area (Å²) in [6.45, 7) is 0.397. The van der Waals surface area contributed by atoms with E-state index in [1.54, 1.807) is 30.1 Å². The molecule has 44 heavy (non-hydrogen) atoms. The third kappa shape index (κ3) is 10.3. The van der Waals surface area contributed by atoms with Crippen molar-refractivity contribution in [3.8, 4) is 5.75 Å². The standard InChI is InChI=1S/C31H42N6O6S/c1-44-15-13-23(33)28(39)36-26(16-19-9-11-21(38)12-10-19)29(40)37-27(17-20-18-34-24-7-3-2-6-22(20)24)30(41)35-25(31(42)43)8-4-5-14-32/h2-3,6-7,9-12,18,23,25-27,34,38H,4-5,8,13-17,32-33H2,1H3,(H,35,41)(H,36,39)(H,37,40)(H,42,43). The molecule has 4 unspecified atom stereocenters. The quantitative estimate of drug-likeness (QED) is 0.0957. The second kappa shape index (κ2) is 17.3. The van der Waals surface area contributed by atoms with Gasteiger partial charge in [-0.3, -0.25) is 14.4 Å². The molecule has 0 aliphatic rings. The predicted octanol–water partition coefficient (Wildman–Crippen LogP) is 1.41. The van der Waals surface area contributed by atoms with E-state index in [0.717, 1.165) is 16.5 Å². The third-order valence-corrected chi connectivity index (χ3v) is 7.92. The molecule has 0 aliphatic heterocycles. The number of aliphatic carboxylic acids is 1. The van der Waals surface area contributed by atoms with Crippen molar-refractivity contribution in [2.45, 2.75) is 62.7 Å². The topological polar surface area (TPSA) is 213 Å². The number of aromatic hydroxyl groups is 1. The number of benzene rings is 2. The number of rotatable bonds is 18. The highest BCUT2D eigenvalue weighted by Gasteiger charge is 2.31. The number of carbonyl (C=O) groups excluding carboxylic acids is 3. The molecule has 4 atom stereocenters. The van der Waals surface area contributed by atoms with Gasteiger partial charge in [-0.25, -0.2) is 4.79 Å². The first-order valence-electron chi connectivity index (χ1n) is 14.5. The van der Waals surface area contributed by atoms with Crippen LogP contribution in [-0.2, 0) is 32.0 Å². The number of phenolic OH excluding ortho intramolecular Hbond substituents is 1. The van der Waals surface area contributed by atoms with Gasteiger partial charge in [0.25, 0.3) is 0 Å². The van der Waals surface area contributed by atoms with Crippen LogP contribution in [0.2, 0.25) is 0 Å². The van der Waals surface area contributed by atoms with Crippen LogP contribution in [0.4, 0.5) is 0 Å². The maximum Gasteiger partial charge on any atom is 0.326 e. The number of nitrogens with two attached hydrogens (primary N) is 2. The van der Waals surface area contributed by atoms with Gasteiger partial charge >= 0.3 is 5.97 Å². The molecule has 0 saturated heterocycles. The molecule has 0 radical (unpaired) electrons. The number of thioether (sulfide) groups is 1. The van der Waals surface area contributed by atoms with E-state index in [2.05, 4.69) is 20.9 Å². The van der Waals surface area contributed by atoms with Gasteiger partial charge in [-0.05, 0) is 73.6 Å². The van der Waals surface area contributed by atoms with E-state index in [4.69, 9.17) is 11.5 Å². The van der Waals surface area contributed by atoms with Gasteiger partial charge in [0, 0.05) is 29.9 Å². The Labute approximate surface area is 260 Å². The van der Waals surface area contributed by atoms with Gasteiger partial charge in [-0.2, -0.15) is 11.8 Å². The molecule has 3 rings (SSSR count). The summed E-state index contributed by atoms with van der Waals surface area (Å²) >= 11 is 1.55. The fraction of sp³-hybridized carbons (Fsp3) is 0.419. The fourth-order valence-electron chi connectivity index (χ4n) is 4.76. The molecule has 3 amide bonds. The molecule has 12 nitrogen and oxygen atoms in total. The number of para-hydroxylation sites is 1. The second-order valence-corrected chi connectivity index (χ2v) is 11.6. The highest BCUT2D eigenvalue weighted by atomic mass is 32.2. The van der Waals surface area contributed by atoms with Crippen LogP contribution in [0.5, 0.6) is 5.75 Å². The average molecular weight is 627 g/mol. The number of aromatic nitrogens is 1. The summed E-state index contributed by atoms with van der Waals surface area (Å²) in [5.74, 6) is -2.31. The first kappa shape index (κ1) is 34.4. The number of carboxylic acid groups (broad SMARTS) is 1. The minimum atomic E-state index is -1.19. The van der Waals surface area contributed by atoms with Gasteiger partial charge in [0.1, 0.15) is 23.9 Å². The highest BCUT2D eigenvalue weighted by Crippen LogP contribution is 2.20. The Hall–Kier alpha value is -4.07. The second-order valence-electron chi connectivity index (χ2n) is 10.6. The first-order valence-corrected chi connectivity index (χ1v) is 15.9. The summed E-state index contributed by atoms with van der Waals surface area (Å²) in [4.78, 5) is 55.4. The zero-order valence-corrected chi connectivity index (χ0v) is 25.6. The van der Waals surface area contributed by atoms with Crippen molar-refractivity contribution in [1.29, 1.82) is 0 Å². The Morgan fingerprint density at radius 3 is 2.16 bits per heavy atom. The van der Waals surface area contributed by atoms with Crippen LogP contribution >= 0.6 is 11.8 Å². The Morgan fingerprint density at radius 1 is 0.864 bits per heavy atom. The van der Waals surface area contributed by atoms with Crippen LogP contribution in [0.3, 0.4) is 0 Å². The largest absolute Gasteiger partial charge is 0.508 e. The van der Waals surface area contributed by atoms with Crippen molar-refractivity contribution in [2.24, 2.45) is 11.5 Å². The normalized spacial score (nSPS) is 13.9. The summed E-state index contributed by atoms with van der Waals surface area (Å²) < 4.78 is 0. The lowest BCUT2D eigenvalue weighted by atomic mass is 10.0. The van der Waals surface area contributed by atoms with Gasteiger partial charge in [-0.15, -0.1) is 0 Å². The van der Waals surface area contributed by atoms with E-state index in [0.29, 0.717) is 37.1 Å². The van der Waals surface area contributed by atoms with Crippen molar-refractivity contribution in [1.82, 2.24) is 20.9 Å². The Balaban J connectivity index is 1.88. The van der Waals surface area contributed by atoms with Crippen molar-refractivity contribution in [2.75, 3.05) is 18.6 Å². The predicted molar refractivity (Wildman–Crippen MR) is 171 cm³/mol. The Kier molecular flexibility index (Phi) is 13.5.